The van der Waals surface area contributed by atoms with Gasteiger partial charge >= 0.3 is 29.6 Å². The molecule has 0 aliphatic rings. The van der Waals surface area contributed by atoms with Crippen LogP contribution in [0.3, 0.4) is 0 Å². The van der Waals surface area contributed by atoms with Crippen molar-refractivity contribution in [3.05, 3.63) is 29.3 Å². The molecular weight excluding hydrogens is 383 g/mol. The standard InChI is InChI=1S/C22H38O4S.Na/c1-5-7-9-11-14-20-16-13-17-21(15-12-10-8-6-2)22(20)26-18(3)19(4)27(23,24)25;/h13,16-19H,5-12,14-15H2,1-4H3,(H,23,24,25);/q;+1/p-1. The molecule has 0 radical (unpaired) electrons. The van der Waals surface area contributed by atoms with Gasteiger partial charge in [0.2, 0.25) is 0 Å². The van der Waals surface area contributed by atoms with Gasteiger partial charge < -0.3 is 9.29 Å². The van der Waals surface area contributed by atoms with E-state index in [1.165, 1.54) is 45.4 Å². The van der Waals surface area contributed by atoms with Gasteiger partial charge in [-0.05, 0) is 50.7 Å². The Hall–Kier alpha value is -0.0700. The summed E-state index contributed by atoms with van der Waals surface area (Å²) in [5.41, 5.74) is 2.25. The van der Waals surface area contributed by atoms with Crippen LogP contribution in [0.1, 0.15) is 90.2 Å². The van der Waals surface area contributed by atoms with Crippen LogP contribution in [-0.4, -0.2) is 24.3 Å². The Morgan fingerprint density at radius 3 is 1.75 bits per heavy atom. The molecule has 0 amide bonds. The molecule has 0 N–H and O–H groups in total. The average molecular weight is 421 g/mol. The molecule has 2 atom stereocenters. The van der Waals surface area contributed by atoms with Crippen molar-refractivity contribution in [1.82, 2.24) is 0 Å². The molecule has 0 spiro atoms. The molecule has 0 aliphatic heterocycles. The van der Waals surface area contributed by atoms with Crippen molar-refractivity contribution in [3.63, 3.8) is 0 Å². The molecule has 2 unspecified atom stereocenters. The van der Waals surface area contributed by atoms with E-state index in [9.17, 15) is 13.0 Å². The topological polar surface area (TPSA) is 66.4 Å². The zero-order valence-electron chi connectivity index (χ0n) is 18.5. The molecule has 0 fully saturated rings. The van der Waals surface area contributed by atoms with Crippen LogP contribution < -0.4 is 34.3 Å². The van der Waals surface area contributed by atoms with Gasteiger partial charge in [-0.2, -0.15) is 0 Å². The first-order valence-corrected chi connectivity index (χ1v) is 12.0. The Morgan fingerprint density at radius 1 is 0.893 bits per heavy atom. The third-order valence-electron chi connectivity index (χ3n) is 5.20. The van der Waals surface area contributed by atoms with E-state index in [2.05, 4.69) is 32.0 Å². The van der Waals surface area contributed by atoms with E-state index in [1.54, 1.807) is 6.92 Å². The Kier molecular flexibility index (Phi) is 14.8. The maximum Gasteiger partial charge on any atom is 1.00 e. The van der Waals surface area contributed by atoms with Crippen molar-refractivity contribution in [2.24, 2.45) is 0 Å². The zero-order chi connectivity index (χ0) is 20.3. The van der Waals surface area contributed by atoms with Gasteiger partial charge in [0.25, 0.3) is 0 Å². The molecule has 1 aromatic carbocycles. The molecule has 0 bridgehead atoms. The van der Waals surface area contributed by atoms with E-state index in [0.29, 0.717) is 0 Å². The zero-order valence-corrected chi connectivity index (χ0v) is 21.3. The Labute approximate surface area is 194 Å². The average Bonchev–Trinajstić information content (AvgIpc) is 2.62. The molecular formula is C22H37NaO4S. The maximum atomic E-state index is 11.4. The van der Waals surface area contributed by atoms with Crippen LogP contribution in [0.5, 0.6) is 5.75 Å². The van der Waals surface area contributed by atoms with Crippen molar-refractivity contribution in [1.29, 1.82) is 0 Å². The van der Waals surface area contributed by atoms with E-state index in [1.807, 2.05) is 0 Å². The minimum absolute atomic E-state index is 0. The van der Waals surface area contributed by atoms with Crippen molar-refractivity contribution in [3.8, 4) is 5.75 Å². The van der Waals surface area contributed by atoms with E-state index < -0.39 is 21.5 Å². The first-order valence-electron chi connectivity index (χ1n) is 10.5. The third kappa shape index (κ3) is 10.1. The predicted octanol–water partition coefficient (Wildman–Crippen LogP) is 2.64. The summed E-state index contributed by atoms with van der Waals surface area (Å²) in [4.78, 5) is 0. The summed E-state index contributed by atoms with van der Waals surface area (Å²) in [6.07, 6.45) is 10.5. The number of benzene rings is 1. The van der Waals surface area contributed by atoms with Gasteiger partial charge in [0, 0.05) is 0 Å². The fraction of sp³-hybridized carbons (Fsp3) is 0.727. The van der Waals surface area contributed by atoms with Crippen molar-refractivity contribution in [2.45, 2.75) is 103 Å². The van der Waals surface area contributed by atoms with Crippen LogP contribution in [-0.2, 0) is 23.0 Å². The Balaban J connectivity index is 0.00000729. The summed E-state index contributed by atoms with van der Waals surface area (Å²) in [6.45, 7) is 7.49. The molecule has 0 aliphatic carbocycles. The Morgan fingerprint density at radius 2 is 1.36 bits per heavy atom. The second-order valence-electron chi connectivity index (χ2n) is 7.55. The summed E-state index contributed by atoms with van der Waals surface area (Å²) >= 11 is 0. The molecule has 6 heteroatoms. The largest absolute Gasteiger partial charge is 1.00 e. The van der Waals surface area contributed by atoms with Crippen LogP contribution in [0.25, 0.3) is 0 Å². The second-order valence-corrected chi connectivity index (χ2v) is 9.28. The molecule has 1 rings (SSSR count). The minimum Gasteiger partial charge on any atom is -0.748 e. The smallest absolute Gasteiger partial charge is 0.748 e. The van der Waals surface area contributed by atoms with E-state index in [-0.39, 0.29) is 29.6 Å². The summed E-state index contributed by atoms with van der Waals surface area (Å²) < 4.78 is 40.3. The van der Waals surface area contributed by atoms with Crippen molar-refractivity contribution >= 4 is 10.1 Å². The molecule has 28 heavy (non-hydrogen) atoms. The first kappa shape index (κ1) is 27.9. The molecule has 0 saturated carbocycles. The summed E-state index contributed by atoms with van der Waals surface area (Å²) in [5, 5.41) is -1.07. The third-order valence-corrected chi connectivity index (χ3v) is 6.49. The van der Waals surface area contributed by atoms with E-state index in [4.69, 9.17) is 4.74 Å². The summed E-state index contributed by atoms with van der Waals surface area (Å²) in [7, 11) is -4.37. The first-order chi connectivity index (χ1) is 12.8. The van der Waals surface area contributed by atoms with Gasteiger partial charge in [0.15, 0.2) is 0 Å². The van der Waals surface area contributed by atoms with Gasteiger partial charge in [0.1, 0.15) is 22.0 Å². The number of ether oxygens (including phenoxy) is 1. The Bertz CT molecular complexity index is 616. The number of para-hydroxylation sites is 1. The minimum atomic E-state index is -4.37. The van der Waals surface area contributed by atoms with Crippen molar-refractivity contribution < 1.29 is 47.3 Å². The van der Waals surface area contributed by atoms with E-state index in [0.717, 1.165) is 42.6 Å². The van der Waals surface area contributed by atoms with Gasteiger partial charge in [0.05, 0.1) is 5.25 Å². The molecule has 0 aromatic heterocycles. The number of aryl methyl sites for hydroxylation is 2. The number of unbranched alkanes of at least 4 members (excludes halogenated alkanes) is 6. The molecule has 0 saturated heterocycles. The second kappa shape index (κ2) is 14.8. The maximum absolute atomic E-state index is 11.4. The van der Waals surface area contributed by atoms with Crippen molar-refractivity contribution in [2.75, 3.05) is 0 Å². The van der Waals surface area contributed by atoms with E-state index >= 15 is 0 Å². The van der Waals surface area contributed by atoms with Gasteiger partial charge in [-0.1, -0.05) is 70.6 Å². The summed E-state index contributed by atoms with van der Waals surface area (Å²) in [6, 6.07) is 6.20. The monoisotopic (exact) mass is 420 g/mol. The van der Waals surface area contributed by atoms with Crippen LogP contribution >= 0.6 is 0 Å². The fourth-order valence-electron chi connectivity index (χ4n) is 3.18. The van der Waals surface area contributed by atoms with Crippen LogP contribution in [0.2, 0.25) is 0 Å². The van der Waals surface area contributed by atoms with Crippen LogP contribution in [0, 0.1) is 0 Å². The number of rotatable bonds is 14. The normalized spacial score (nSPS) is 13.6. The molecule has 1 aromatic rings. The molecule has 156 valence electrons. The van der Waals surface area contributed by atoms with Crippen LogP contribution in [0.15, 0.2) is 18.2 Å². The SMILES string of the molecule is CCCCCCc1cccc(CCCCCC)c1OC(C)C(C)S(=O)(=O)[O-].[Na+]. The van der Waals surface area contributed by atoms with Gasteiger partial charge in [-0.25, -0.2) is 8.42 Å². The quantitative estimate of drug-likeness (QED) is 0.264. The summed E-state index contributed by atoms with van der Waals surface area (Å²) in [5.74, 6) is 0.800. The van der Waals surface area contributed by atoms with Gasteiger partial charge in [-0.15, -0.1) is 0 Å². The number of hydrogen-bond acceptors (Lipinski definition) is 4. The fourth-order valence-corrected chi connectivity index (χ4v) is 3.71. The predicted molar refractivity (Wildman–Crippen MR) is 111 cm³/mol. The van der Waals surface area contributed by atoms with Gasteiger partial charge in [-0.3, -0.25) is 0 Å². The van der Waals surface area contributed by atoms with Crippen LogP contribution in [0.4, 0.5) is 0 Å². The molecule has 0 heterocycles. The molecule has 4 nitrogen and oxygen atoms in total. The number of hydrogen-bond donors (Lipinski definition) is 0.